The van der Waals surface area contributed by atoms with Crippen LogP contribution in [0.25, 0.3) is 0 Å². The topological polar surface area (TPSA) is 66.4 Å². The van der Waals surface area contributed by atoms with Crippen LogP contribution in [0.3, 0.4) is 0 Å². The van der Waals surface area contributed by atoms with Crippen LogP contribution >= 0.6 is 11.6 Å². The van der Waals surface area contributed by atoms with E-state index < -0.39 is 11.4 Å². The fourth-order valence-corrected chi connectivity index (χ4v) is 3.17. The average Bonchev–Trinajstić information content (AvgIpc) is 2.41. The molecule has 1 aromatic rings. The summed E-state index contributed by atoms with van der Waals surface area (Å²) in [4.78, 5) is 24.0. The molecule has 1 saturated carbocycles. The van der Waals surface area contributed by atoms with Crippen LogP contribution in [0.2, 0.25) is 5.02 Å². The normalized spacial score (nSPS) is 25.4. The first-order valence-electron chi connectivity index (χ1n) is 7.15. The van der Waals surface area contributed by atoms with Gasteiger partial charge < -0.3 is 10.4 Å². The maximum atomic E-state index is 12.4. The number of nitrogens with one attached hydrogen (secondary N) is 1. The maximum Gasteiger partial charge on any atom is 0.311 e. The highest BCUT2D eigenvalue weighted by atomic mass is 35.5. The third kappa shape index (κ3) is 3.21. The summed E-state index contributed by atoms with van der Waals surface area (Å²) in [6.07, 6.45) is 3.11. The van der Waals surface area contributed by atoms with Gasteiger partial charge in [0.15, 0.2) is 0 Å². The predicted molar refractivity (Wildman–Crippen MR) is 81.7 cm³/mol. The molecule has 1 amide bonds. The van der Waals surface area contributed by atoms with Crippen molar-refractivity contribution in [2.75, 3.05) is 0 Å². The molecule has 2 unspecified atom stereocenters. The van der Waals surface area contributed by atoms with Crippen molar-refractivity contribution in [1.82, 2.24) is 5.32 Å². The van der Waals surface area contributed by atoms with Gasteiger partial charge in [-0.25, -0.2) is 0 Å². The molecule has 2 atom stereocenters. The minimum Gasteiger partial charge on any atom is -0.481 e. The molecule has 0 aromatic heterocycles. The van der Waals surface area contributed by atoms with Gasteiger partial charge in [0, 0.05) is 16.6 Å². The van der Waals surface area contributed by atoms with Gasteiger partial charge in [0.1, 0.15) is 0 Å². The molecule has 0 saturated heterocycles. The quantitative estimate of drug-likeness (QED) is 0.899. The zero-order valence-corrected chi connectivity index (χ0v) is 13.0. The molecular formula is C16H20ClNO3. The van der Waals surface area contributed by atoms with Gasteiger partial charge in [0.2, 0.25) is 0 Å². The molecule has 0 radical (unpaired) electrons. The number of carbonyl (C=O) groups is 2. The van der Waals surface area contributed by atoms with E-state index >= 15 is 0 Å². The molecule has 0 bridgehead atoms. The smallest absolute Gasteiger partial charge is 0.311 e. The van der Waals surface area contributed by atoms with Crippen molar-refractivity contribution in [2.45, 2.75) is 45.6 Å². The molecule has 1 aromatic carbocycles. The van der Waals surface area contributed by atoms with Crippen LogP contribution in [0, 0.1) is 12.3 Å². The number of halogens is 1. The van der Waals surface area contributed by atoms with Crippen molar-refractivity contribution >= 4 is 23.5 Å². The second-order valence-corrected chi connectivity index (χ2v) is 6.39. The van der Waals surface area contributed by atoms with E-state index in [-0.39, 0.29) is 11.9 Å². The Bertz CT molecular complexity index is 573. The standard InChI is InChI=1S/C16H20ClNO3/c1-10-9-11(17)6-7-12(10)14(19)18-13-5-3-4-8-16(13,2)15(20)21/h6-7,9,13H,3-5,8H2,1-2H3,(H,18,19)(H,20,21). The lowest BCUT2D eigenvalue weighted by Crippen LogP contribution is -2.52. The molecule has 0 heterocycles. The van der Waals surface area contributed by atoms with E-state index in [1.54, 1.807) is 25.1 Å². The Morgan fingerprint density at radius 3 is 2.71 bits per heavy atom. The van der Waals surface area contributed by atoms with Crippen LogP contribution in [0.1, 0.15) is 48.5 Å². The summed E-state index contributed by atoms with van der Waals surface area (Å²) in [5.74, 6) is -1.08. The zero-order chi connectivity index (χ0) is 15.6. The van der Waals surface area contributed by atoms with Crippen LogP contribution in [0.15, 0.2) is 18.2 Å². The van der Waals surface area contributed by atoms with E-state index in [4.69, 9.17) is 11.6 Å². The van der Waals surface area contributed by atoms with E-state index in [0.29, 0.717) is 23.4 Å². The summed E-state index contributed by atoms with van der Waals surface area (Å²) in [5, 5.41) is 13.0. The number of aryl methyl sites for hydroxylation is 1. The summed E-state index contributed by atoms with van der Waals surface area (Å²) in [6.45, 7) is 3.53. The van der Waals surface area contributed by atoms with E-state index in [1.165, 1.54) is 0 Å². The van der Waals surface area contributed by atoms with E-state index in [2.05, 4.69) is 5.32 Å². The molecule has 114 valence electrons. The molecule has 21 heavy (non-hydrogen) atoms. The number of carboxylic acid groups (broad SMARTS) is 1. The van der Waals surface area contributed by atoms with Crippen LogP contribution in [-0.4, -0.2) is 23.0 Å². The molecule has 2 rings (SSSR count). The van der Waals surface area contributed by atoms with Crippen molar-refractivity contribution < 1.29 is 14.7 Å². The summed E-state index contributed by atoms with van der Waals surface area (Å²) >= 11 is 5.89. The first-order chi connectivity index (χ1) is 9.84. The largest absolute Gasteiger partial charge is 0.481 e. The lowest BCUT2D eigenvalue weighted by molar-refractivity contribution is -0.151. The Kier molecular flexibility index (Phi) is 4.57. The van der Waals surface area contributed by atoms with Crippen LogP contribution < -0.4 is 5.32 Å². The van der Waals surface area contributed by atoms with Crippen molar-refractivity contribution in [3.63, 3.8) is 0 Å². The SMILES string of the molecule is Cc1cc(Cl)ccc1C(=O)NC1CCCCC1(C)C(=O)O. The Morgan fingerprint density at radius 2 is 2.10 bits per heavy atom. The van der Waals surface area contributed by atoms with Crippen molar-refractivity contribution in [1.29, 1.82) is 0 Å². The molecule has 0 aliphatic heterocycles. The van der Waals surface area contributed by atoms with Crippen molar-refractivity contribution in [3.8, 4) is 0 Å². The van der Waals surface area contributed by atoms with Gasteiger partial charge in [-0.15, -0.1) is 0 Å². The van der Waals surface area contributed by atoms with Gasteiger partial charge in [-0.3, -0.25) is 9.59 Å². The minimum atomic E-state index is -0.895. The van der Waals surface area contributed by atoms with Crippen LogP contribution in [-0.2, 0) is 4.79 Å². The molecule has 1 aliphatic carbocycles. The van der Waals surface area contributed by atoms with Crippen LogP contribution in [0.4, 0.5) is 0 Å². The molecule has 1 fully saturated rings. The molecule has 1 aliphatic rings. The highest BCUT2D eigenvalue weighted by Crippen LogP contribution is 2.36. The molecule has 5 heteroatoms. The van der Waals surface area contributed by atoms with Gasteiger partial charge in [-0.1, -0.05) is 24.4 Å². The second kappa shape index (κ2) is 6.06. The van der Waals surface area contributed by atoms with Gasteiger partial charge in [0.05, 0.1) is 5.41 Å². The van der Waals surface area contributed by atoms with E-state index in [9.17, 15) is 14.7 Å². The summed E-state index contributed by atoms with van der Waals surface area (Å²) in [7, 11) is 0. The molecule has 2 N–H and O–H groups in total. The Labute approximate surface area is 129 Å². The second-order valence-electron chi connectivity index (χ2n) is 5.95. The number of amides is 1. The number of benzene rings is 1. The van der Waals surface area contributed by atoms with Gasteiger partial charge in [-0.2, -0.15) is 0 Å². The van der Waals surface area contributed by atoms with Gasteiger partial charge >= 0.3 is 5.97 Å². The monoisotopic (exact) mass is 309 g/mol. The highest BCUT2D eigenvalue weighted by Gasteiger charge is 2.43. The first kappa shape index (κ1) is 15.8. The Morgan fingerprint density at radius 1 is 1.38 bits per heavy atom. The summed E-state index contributed by atoms with van der Waals surface area (Å²) in [5.41, 5.74) is 0.430. The molecule has 4 nitrogen and oxygen atoms in total. The van der Waals surface area contributed by atoms with Crippen molar-refractivity contribution in [2.24, 2.45) is 5.41 Å². The fraction of sp³-hybridized carbons (Fsp3) is 0.500. The predicted octanol–water partition coefficient (Wildman–Crippen LogP) is 3.41. The van der Waals surface area contributed by atoms with E-state index in [0.717, 1.165) is 18.4 Å². The lowest BCUT2D eigenvalue weighted by atomic mass is 9.71. The molecular weight excluding hydrogens is 290 g/mol. The number of hydrogen-bond donors (Lipinski definition) is 2. The van der Waals surface area contributed by atoms with E-state index in [1.807, 2.05) is 6.92 Å². The minimum absolute atomic E-state index is 0.233. The van der Waals surface area contributed by atoms with Gasteiger partial charge in [0.25, 0.3) is 5.91 Å². The van der Waals surface area contributed by atoms with Crippen LogP contribution in [0.5, 0.6) is 0 Å². The summed E-state index contributed by atoms with van der Waals surface area (Å²) in [6, 6.07) is 4.73. The number of aliphatic carboxylic acids is 1. The van der Waals surface area contributed by atoms with Gasteiger partial charge in [-0.05, 0) is 50.5 Å². The zero-order valence-electron chi connectivity index (χ0n) is 12.3. The Hall–Kier alpha value is -1.55. The third-order valence-electron chi connectivity index (χ3n) is 4.43. The van der Waals surface area contributed by atoms with Crippen molar-refractivity contribution in [3.05, 3.63) is 34.3 Å². The summed E-state index contributed by atoms with van der Waals surface area (Å²) < 4.78 is 0. The number of hydrogen-bond acceptors (Lipinski definition) is 2. The first-order valence-corrected chi connectivity index (χ1v) is 7.53. The Balaban J connectivity index is 2.19. The average molecular weight is 310 g/mol. The third-order valence-corrected chi connectivity index (χ3v) is 4.67. The maximum absolute atomic E-state index is 12.4. The lowest BCUT2D eigenvalue weighted by Gasteiger charge is -2.38. The number of rotatable bonds is 3. The fourth-order valence-electron chi connectivity index (χ4n) is 2.94. The molecule has 0 spiro atoms. The highest BCUT2D eigenvalue weighted by molar-refractivity contribution is 6.30. The number of carbonyl (C=O) groups excluding carboxylic acids is 1. The number of carboxylic acids is 1.